The van der Waals surface area contributed by atoms with Crippen molar-refractivity contribution in [2.24, 2.45) is 0 Å². The van der Waals surface area contributed by atoms with Gasteiger partial charge in [-0.25, -0.2) is 8.78 Å². The fourth-order valence-corrected chi connectivity index (χ4v) is 2.69. The lowest BCUT2D eigenvalue weighted by Crippen LogP contribution is -2.52. The Kier molecular flexibility index (Phi) is 3.87. The van der Waals surface area contributed by atoms with Crippen LogP contribution in [0.4, 0.5) is 8.78 Å². The molecule has 104 valence electrons. The van der Waals surface area contributed by atoms with E-state index in [0.29, 0.717) is 19.1 Å². The van der Waals surface area contributed by atoms with Crippen molar-refractivity contribution in [1.82, 2.24) is 15.1 Å². The number of likely N-dealkylation sites (N-methyl/N-ethyl adjacent to an activating group) is 1. The summed E-state index contributed by atoms with van der Waals surface area (Å²) in [6.45, 7) is 0.955. The van der Waals surface area contributed by atoms with Crippen molar-refractivity contribution in [3.05, 3.63) is 0 Å². The molecule has 0 saturated carbocycles. The molecule has 6 heteroatoms. The molecule has 0 bridgehead atoms. The molecule has 1 amide bonds. The van der Waals surface area contributed by atoms with Crippen LogP contribution < -0.4 is 5.32 Å². The Bertz CT molecular complexity index is 322. The molecule has 2 saturated heterocycles. The van der Waals surface area contributed by atoms with Crippen molar-refractivity contribution >= 4 is 5.91 Å². The summed E-state index contributed by atoms with van der Waals surface area (Å²) in [7, 11) is 3.97. The van der Waals surface area contributed by atoms with E-state index in [2.05, 4.69) is 10.2 Å². The monoisotopic (exact) mass is 261 g/mol. The largest absolute Gasteiger partial charge is 0.340 e. The molecule has 4 nitrogen and oxygen atoms in total. The molecule has 18 heavy (non-hydrogen) atoms. The van der Waals surface area contributed by atoms with Crippen molar-refractivity contribution in [2.75, 3.05) is 33.7 Å². The highest BCUT2D eigenvalue weighted by atomic mass is 19.3. The molecule has 1 N–H and O–H groups in total. The predicted octanol–water partition coefficient (Wildman–Crippen LogP) is 0.536. The third-order valence-corrected chi connectivity index (χ3v) is 3.85. The lowest BCUT2D eigenvalue weighted by molar-refractivity contribution is -0.135. The van der Waals surface area contributed by atoms with Gasteiger partial charge in [0.25, 0.3) is 5.92 Å². The van der Waals surface area contributed by atoms with Gasteiger partial charge in [-0.1, -0.05) is 0 Å². The number of nitrogens with one attached hydrogen (secondary N) is 1. The minimum Gasteiger partial charge on any atom is -0.340 e. The van der Waals surface area contributed by atoms with E-state index in [-0.39, 0.29) is 18.9 Å². The smallest absolute Gasteiger partial charge is 0.262 e. The molecule has 2 aliphatic rings. The average Bonchev–Trinajstić information content (AvgIpc) is 2.69. The number of hydrogen-bond donors (Lipinski definition) is 1. The Morgan fingerprint density at radius 3 is 2.72 bits per heavy atom. The second-order valence-electron chi connectivity index (χ2n) is 5.54. The second-order valence-corrected chi connectivity index (χ2v) is 5.54. The van der Waals surface area contributed by atoms with Gasteiger partial charge in [0.2, 0.25) is 5.91 Å². The highest BCUT2D eigenvalue weighted by Crippen LogP contribution is 2.26. The maximum atomic E-state index is 13.1. The van der Waals surface area contributed by atoms with Crippen molar-refractivity contribution in [2.45, 2.75) is 37.3 Å². The van der Waals surface area contributed by atoms with Crippen LogP contribution in [0.1, 0.15) is 19.3 Å². The van der Waals surface area contributed by atoms with Gasteiger partial charge in [0.05, 0.1) is 12.6 Å². The molecule has 0 radical (unpaired) electrons. The molecule has 0 aliphatic carbocycles. The minimum absolute atomic E-state index is 0.168. The molecular formula is C12H21F2N3O. The summed E-state index contributed by atoms with van der Waals surface area (Å²) in [5.41, 5.74) is 0. The van der Waals surface area contributed by atoms with Crippen molar-refractivity contribution in [3.63, 3.8) is 0 Å². The van der Waals surface area contributed by atoms with Gasteiger partial charge in [-0.3, -0.25) is 10.1 Å². The van der Waals surface area contributed by atoms with E-state index < -0.39 is 12.0 Å². The summed E-state index contributed by atoms with van der Waals surface area (Å²) in [6, 6.07) is -0.370. The molecule has 2 unspecified atom stereocenters. The number of rotatable bonds is 2. The summed E-state index contributed by atoms with van der Waals surface area (Å²) < 4.78 is 26.2. The molecule has 2 fully saturated rings. The van der Waals surface area contributed by atoms with Crippen molar-refractivity contribution in [1.29, 1.82) is 0 Å². The first-order valence-corrected chi connectivity index (χ1v) is 6.45. The summed E-state index contributed by atoms with van der Waals surface area (Å²) >= 11 is 0. The standard InChI is InChI=1S/C12H21F2N3O/c1-16(2)9-4-3-5-17(7-9)11(18)10-6-12(13,14)8-15-10/h9-10,15H,3-8H2,1-2H3. The summed E-state index contributed by atoms with van der Waals surface area (Å²) in [6.07, 6.45) is 1.64. The number of likely N-dealkylation sites (tertiary alicyclic amines) is 1. The van der Waals surface area contributed by atoms with Gasteiger partial charge < -0.3 is 9.80 Å². The number of amides is 1. The molecule has 0 aromatic carbocycles. The fraction of sp³-hybridized carbons (Fsp3) is 0.917. The average molecular weight is 261 g/mol. The van der Waals surface area contributed by atoms with Gasteiger partial charge in [-0.05, 0) is 26.9 Å². The van der Waals surface area contributed by atoms with Gasteiger partial charge >= 0.3 is 0 Å². The van der Waals surface area contributed by atoms with Crippen LogP contribution in [0.2, 0.25) is 0 Å². The molecule has 2 aliphatic heterocycles. The summed E-state index contributed by atoms with van der Waals surface area (Å²) in [5, 5.41) is 2.63. The first-order chi connectivity index (χ1) is 8.39. The molecule has 0 spiro atoms. The van der Waals surface area contributed by atoms with E-state index in [1.165, 1.54) is 0 Å². The number of carbonyl (C=O) groups excluding carboxylic acids is 1. The minimum atomic E-state index is -2.74. The first kappa shape index (κ1) is 13.7. The van der Waals surface area contributed by atoms with Crippen LogP contribution in [0.15, 0.2) is 0 Å². The van der Waals surface area contributed by atoms with Gasteiger partial charge in [0.1, 0.15) is 0 Å². The zero-order valence-electron chi connectivity index (χ0n) is 11.0. The van der Waals surface area contributed by atoms with Crippen LogP contribution in [0.3, 0.4) is 0 Å². The Morgan fingerprint density at radius 2 is 2.17 bits per heavy atom. The predicted molar refractivity (Wildman–Crippen MR) is 64.6 cm³/mol. The number of carbonyl (C=O) groups is 1. The van der Waals surface area contributed by atoms with Crippen molar-refractivity contribution in [3.8, 4) is 0 Å². The van der Waals surface area contributed by atoms with Gasteiger partial charge in [0, 0.05) is 25.6 Å². The van der Waals surface area contributed by atoms with Crippen LogP contribution in [-0.4, -0.2) is 67.4 Å². The summed E-state index contributed by atoms with van der Waals surface area (Å²) in [5.74, 6) is -2.91. The number of hydrogen-bond acceptors (Lipinski definition) is 3. The van der Waals surface area contributed by atoms with Gasteiger partial charge in [0.15, 0.2) is 0 Å². The first-order valence-electron chi connectivity index (χ1n) is 6.45. The maximum absolute atomic E-state index is 13.1. The number of halogens is 2. The van der Waals surface area contributed by atoms with E-state index in [9.17, 15) is 13.6 Å². The van der Waals surface area contributed by atoms with Crippen LogP contribution in [-0.2, 0) is 4.79 Å². The number of nitrogens with zero attached hydrogens (tertiary/aromatic N) is 2. The Morgan fingerprint density at radius 1 is 1.44 bits per heavy atom. The lowest BCUT2D eigenvalue weighted by Gasteiger charge is -2.37. The lowest BCUT2D eigenvalue weighted by atomic mass is 10.0. The molecule has 0 aromatic rings. The molecule has 0 aromatic heterocycles. The highest BCUT2D eigenvalue weighted by Gasteiger charge is 2.44. The summed E-state index contributed by atoms with van der Waals surface area (Å²) in [4.78, 5) is 16.0. The SMILES string of the molecule is CN(C)C1CCCN(C(=O)C2CC(F)(F)CN2)C1. The van der Waals surface area contributed by atoms with E-state index in [1.807, 2.05) is 14.1 Å². The van der Waals surface area contributed by atoms with E-state index >= 15 is 0 Å². The second kappa shape index (κ2) is 5.09. The Labute approximate surface area is 106 Å². The third-order valence-electron chi connectivity index (χ3n) is 3.85. The van der Waals surface area contributed by atoms with Gasteiger partial charge in [-0.2, -0.15) is 0 Å². The van der Waals surface area contributed by atoms with Gasteiger partial charge in [-0.15, -0.1) is 0 Å². The molecule has 2 heterocycles. The van der Waals surface area contributed by atoms with Crippen LogP contribution in [0, 0.1) is 0 Å². The van der Waals surface area contributed by atoms with E-state index in [0.717, 1.165) is 12.8 Å². The number of piperidine rings is 1. The van der Waals surface area contributed by atoms with E-state index in [1.54, 1.807) is 4.90 Å². The van der Waals surface area contributed by atoms with Crippen molar-refractivity contribution < 1.29 is 13.6 Å². The number of alkyl halides is 2. The van der Waals surface area contributed by atoms with E-state index in [4.69, 9.17) is 0 Å². The van der Waals surface area contributed by atoms with Crippen LogP contribution in [0.5, 0.6) is 0 Å². The van der Waals surface area contributed by atoms with Crippen LogP contribution >= 0.6 is 0 Å². The fourth-order valence-electron chi connectivity index (χ4n) is 2.69. The molecule has 2 rings (SSSR count). The van der Waals surface area contributed by atoms with Crippen LogP contribution in [0.25, 0.3) is 0 Å². The topological polar surface area (TPSA) is 35.6 Å². The Balaban J connectivity index is 1.93. The zero-order valence-corrected chi connectivity index (χ0v) is 11.0. The highest BCUT2D eigenvalue weighted by molar-refractivity contribution is 5.82. The quantitative estimate of drug-likeness (QED) is 0.788. The normalized spacial score (nSPS) is 31.9. The zero-order chi connectivity index (χ0) is 13.3. The third kappa shape index (κ3) is 2.98. The molecular weight excluding hydrogens is 240 g/mol. The maximum Gasteiger partial charge on any atom is 0.262 e. The Hall–Kier alpha value is -0.750. The molecule has 2 atom stereocenters.